The zero-order valence-electron chi connectivity index (χ0n) is 16.3. The second-order valence-corrected chi connectivity index (χ2v) is 7.14. The molecule has 1 unspecified atom stereocenters. The summed E-state index contributed by atoms with van der Waals surface area (Å²) in [5.74, 6) is -0.373. The van der Waals surface area contributed by atoms with Gasteiger partial charge >= 0.3 is 5.97 Å². The molecular weight excluding hydrogens is 350 g/mol. The summed E-state index contributed by atoms with van der Waals surface area (Å²) in [6, 6.07) is 8.64. The molecule has 5 heteroatoms. The van der Waals surface area contributed by atoms with Crippen molar-refractivity contribution in [3.63, 3.8) is 0 Å². The van der Waals surface area contributed by atoms with Gasteiger partial charge < -0.3 is 15.6 Å². The van der Waals surface area contributed by atoms with Crippen LogP contribution in [0.4, 0.5) is 0 Å². The first-order valence-electron chi connectivity index (χ1n) is 9.60. The number of halogens is 1. The predicted octanol–water partition coefficient (Wildman–Crippen LogP) is 4.20. The Labute approximate surface area is 164 Å². The summed E-state index contributed by atoms with van der Waals surface area (Å²) < 4.78 is 4.96. The number of aryl methyl sites for hydroxylation is 2. The van der Waals surface area contributed by atoms with Crippen molar-refractivity contribution < 1.29 is 14.6 Å². The normalized spacial score (nSPS) is 12.9. The number of rotatable bonds is 13. The molecule has 0 bridgehead atoms. The van der Waals surface area contributed by atoms with Crippen molar-refractivity contribution in [1.29, 1.82) is 0 Å². The highest BCUT2D eigenvalue weighted by Crippen LogP contribution is 2.15. The van der Waals surface area contributed by atoms with Crippen LogP contribution in [0.25, 0.3) is 0 Å². The molecule has 150 valence electrons. The molecule has 1 atom stereocenters. The highest BCUT2D eigenvalue weighted by Gasteiger charge is 2.25. The number of carbonyl (C=O) groups excluding carboxylic acids is 1. The molecule has 26 heavy (non-hydrogen) atoms. The molecular formula is C21H36ClNO3. The number of aliphatic hydroxyl groups excluding tert-OH is 1. The van der Waals surface area contributed by atoms with Crippen molar-refractivity contribution in [2.24, 2.45) is 5.73 Å². The van der Waals surface area contributed by atoms with Gasteiger partial charge in [0.1, 0.15) is 6.61 Å². The van der Waals surface area contributed by atoms with Gasteiger partial charge in [-0.15, -0.1) is 12.4 Å². The Hall–Kier alpha value is -1.10. The van der Waals surface area contributed by atoms with Gasteiger partial charge in [-0.05, 0) is 36.8 Å². The van der Waals surface area contributed by atoms with Gasteiger partial charge in [-0.2, -0.15) is 0 Å². The van der Waals surface area contributed by atoms with Crippen molar-refractivity contribution in [2.45, 2.75) is 77.2 Å². The zero-order valence-corrected chi connectivity index (χ0v) is 17.2. The topological polar surface area (TPSA) is 72.6 Å². The number of carbonyl (C=O) groups is 1. The maximum atomic E-state index is 10.9. The third kappa shape index (κ3) is 10.8. The monoisotopic (exact) mass is 385 g/mol. The van der Waals surface area contributed by atoms with E-state index in [1.165, 1.54) is 56.6 Å². The van der Waals surface area contributed by atoms with E-state index in [0.717, 1.165) is 12.8 Å². The fourth-order valence-electron chi connectivity index (χ4n) is 2.82. The van der Waals surface area contributed by atoms with Crippen LogP contribution in [0.2, 0.25) is 0 Å². The minimum atomic E-state index is -0.872. The number of unbranched alkanes of at least 4 members (excludes halogenated alkanes) is 5. The van der Waals surface area contributed by atoms with Crippen molar-refractivity contribution in [2.75, 3.05) is 13.2 Å². The van der Waals surface area contributed by atoms with Gasteiger partial charge in [0.15, 0.2) is 0 Å². The third-order valence-corrected chi connectivity index (χ3v) is 4.63. The molecule has 0 fully saturated rings. The first-order chi connectivity index (χ1) is 12.0. The van der Waals surface area contributed by atoms with E-state index < -0.39 is 5.54 Å². The van der Waals surface area contributed by atoms with Crippen molar-refractivity contribution >= 4 is 18.4 Å². The van der Waals surface area contributed by atoms with Crippen LogP contribution in [-0.4, -0.2) is 29.8 Å². The number of ether oxygens (including phenoxy) is 1. The maximum absolute atomic E-state index is 10.9. The minimum absolute atomic E-state index is 0. The van der Waals surface area contributed by atoms with E-state index in [1.807, 2.05) is 0 Å². The summed E-state index contributed by atoms with van der Waals surface area (Å²) in [7, 11) is 0. The molecule has 1 rings (SSSR count). The van der Waals surface area contributed by atoms with Crippen LogP contribution in [0, 0.1) is 0 Å². The summed E-state index contributed by atoms with van der Waals surface area (Å²) in [6.45, 7) is 3.44. The summed E-state index contributed by atoms with van der Waals surface area (Å²) >= 11 is 0. The summed E-state index contributed by atoms with van der Waals surface area (Å²) in [5.41, 5.74) is 7.81. The molecule has 3 N–H and O–H groups in total. The quantitative estimate of drug-likeness (QED) is 0.394. The van der Waals surface area contributed by atoms with E-state index in [1.54, 1.807) is 0 Å². The SMILES string of the molecule is CCCCCCCCc1ccc(CCC(N)(CO)COC(C)=O)cc1.Cl. The molecule has 1 aromatic rings. The van der Waals surface area contributed by atoms with Crippen LogP contribution in [-0.2, 0) is 22.4 Å². The number of aliphatic hydroxyl groups is 1. The highest BCUT2D eigenvalue weighted by molar-refractivity contribution is 5.85. The van der Waals surface area contributed by atoms with E-state index in [0.29, 0.717) is 6.42 Å². The fourth-order valence-corrected chi connectivity index (χ4v) is 2.82. The van der Waals surface area contributed by atoms with Gasteiger partial charge in [0.2, 0.25) is 0 Å². The maximum Gasteiger partial charge on any atom is 0.302 e. The number of hydrogen-bond acceptors (Lipinski definition) is 4. The van der Waals surface area contributed by atoms with Gasteiger partial charge in [-0.3, -0.25) is 4.79 Å². The van der Waals surface area contributed by atoms with Crippen LogP contribution in [0.3, 0.4) is 0 Å². The molecule has 0 heterocycles. The van der Waals surface area contributed by atoms with E-state index in [4.69, 9.17) is 10.5 Å². The third-order valence-electron chi connectivity index (χ3n) is 4.63. The lowest BCUT2D eigenvalue weighted by molar-refractivity contribution is -0.143. The summed E-state index contributed by atoms with van der Waals surface area (Å²) in [4.78, 5) is 10.9. The van der Waals surface area contributed by atoms with E-state index in [2.05, 4.69) is 31.2 Å². The fraction of sp³-hybridized carbons (Fsp3) is 0.667. The van der Waals surface area contributed by atoms with Gasteiger partial charge in [0.05, 0.1) is 12.1 Å². The Morgan fingerprint density at radius 3 is 2.12 bits per heavy atom. The molecule has 4 nitrogen and oxygen atoms in total. The van der Waals surface area contributed by atoms with Gasteiger partial charge in [-0.1, -0.05) is 63.3 Å². The molecule has 1 aromatic carbocycles. The van der Waals surface area contributed by atoms with Crippen LogP contribution in [0.15, 0.2) is 24.3 Å². The van der Waals surface area contributed by atoms with E-state index in [9.17, 15) is 9.90 Å². The van der Waals surface area contributed by atoms with Gasteiger partial charge in [0, 0.05) is 6.92 Å². The number of esters is 1. The van der Waals surface area contributed by atoms with E-state index in [-0.39, 0.29) is 31.6 Å². The Bertz CT molecular complexity index is 493. The lowest BCUT2D eigenvalue weighted by atomic mass is 9.93. The van der Waals surface area contributed by atoms with Crippen LogP contribution < -0.4 is 5.73 Å². The molecule has 0 radical (unpaired) electrons. The molecule has 0 aromatic heterocycles. The second kappa shape index (κ2) is 14.0. The van der Waals surface area contributed by atoms with Crippen molar-refractivity contribution in [3.05, 3.63) is 35.4 Å². The molecule has 0 saturated heterocycles. The van der Waals surface area contributed by atoms with Crippen LogP contribution >= 0.6 is 12.4 Å². The molecule has 0 aliphatic rings. The molecule has 0 aliphatic heterocycles. The number of benzene rings is 1. The average Bonchev–Trinajstić information content (AvgIpc) is 2.62. The Kier molecular flexibility index (Phi) is 13.4. The smallest absolute Gasteiger partial charge is 0.302 e. The predicted molar refractivity (Wildman–Crippen MR) is 110 cm³/mol. The largest absolute Gasteiger partial charge is 0.464 e. The van der Waals surface area contributed by atoms with Gasteiger partial charge in [-0.25, -0.2) is 0 Å². The van der Waals surface area contributed by atoms with Crippen molar-refractivity contribution in [1.82, 2.24) is 0 Å². The standard InChI is InChI=1S/C21H35NO3.ClH/c1-3-4-5-6-7-8-9-19-10-12-20(13-11-19)14-15-21(22,16-23)17-25-18(2)24;/h10-13,23H,3-9,14-17,22H2,1-2H3;1H. The highest BCUT2D eigenvalue weighted by atomic mass is 35.5. The summed E-state index contributed by atoms with van der Waals surface area (Å²) in [6.07, 6.45) is 10.4. The average molecular weight is 386 g/mol. The number of hydrogen-bond donors (Lipinski definition) is 2. The minimum Gasteiger partial charge on any atom is -0.464 e. The second-order valence-electron chi connectivity index (χ2n) is 7.14. The molecule has 0 spiro atoms. The Balaban J connectivity index is 0.00000625. The Morgan fingerprint density at radius 2 is 1.58 bits per heavy atom. The molecule has 0 saturated carbocycles. The van der Waals surface area contributed by atoms with Crippen molar-refractivity contribution in [3.8, 4) is 0 Å². The van der Waals surface area contributed by atoms with Crippen LogP contribution in [0.1, 0.15) is 69.9 Å². The first kappa shape index (κ1) is 24.9. The molecule has 0 amide bonds. The zero-order chi connectivity index (χ0) is 18.5. The Morgan fingerprint density at radius 1 is 1.04 bits per heavy atom. The van der Waals surface area contributed by atoms with E-state index >= 15 is 0 Å². The molecule has 0 aliphatic carbocycles. The lowest BCUT2D eigenvalue weighted by Gasteiger charge is -2.26. The lowest BCUT2D eigenvalue weighted by Crippen LogP contribution is -2.48. The van der Waals surface area contributed by atoms with Gasteiger partial charge in [0.25, 0.3) is 0 Å². The van der Waals surface area contributed by atoms with Crippen LogP contribution in [0.5, 0.6) is 0 Å². The first-order valence-corrected chi connectivity index (χ1v) is 9.60. The summed E-state index contributed by atoms with van der Waals surface area (Å²) in [5, 5.41) is 9.48. The number of nitrogens with two attached hydrogens (primary N) is 1.